The van der Waals surface area contributed by atoms with Crippen LogP contribution in [-0.4, -0.2) is 19.1 Å². The molecule has 0 radical (unpaired) electrons. The zero-order chi connectivity index (χ0) is 32.2. The Balaban J connectivity index is 1.08. The fourth-order valence-electron chi connectivity index (χ4n) is 7.79. The summed E-state index contributed by atoms with van der Waals surface area (Å²) in [4.78, 5) is 0. The standard InChI is InChI=1S/C35H43F7O3/c1-2-3-23-4-6-26(7-5-23)28-14-21-32(43-22-28)27-10-8-24(9-11-27)25-12-15-29(16-13-25)33(36,37)44-31-19-17-30(18-20-31)34(38,39)45-35(40,41)42/h12-13,15-20,23-24,26-28,32H,2-11,14,21-22H2,1H3. The summed E-state index contributed by atoms with van der Waals surface area (Å²) in [6.07, 6.45) is 0.807. The lowest BCUT2D eigenvalue weighted by molar-refractivity contribution is -0.431. The van der Waals surface area contributed by atoms with Crippen molar-refractivity contribution in [3.63, 3.8) is 0 Å². The number of benzene rings is 2. The van der Waals surface area contributed by atoms with Crippen molar-refractivity contribution in [2.75, 3.05) is 6.61 Å². The molecule has 2 unspecified atom stereocenters. The first-order chi connectivity index (χ1) is 21.3. The average Bonchev–Trinajstić information content (AvgIpc) is 3.01. The van der Waals surface area contributed by atoms with Crippen LogP contribution < -0.4 is 4.74 Å². The highest BCUT2D eigenvalue weighted by Crippen LogP contribution is 2.44. The van der Waals surface area contributed by atoms with E-state index in [0.29, 0.717) is 30.1 Å². The normalized spacial score (nSPS) is 28.5. The maximum Gasteiger partial charge on any atom is 0.527 e. The molecule has 2 aromatic carbocycles. The van der Waals surface area contributed by atoms with E-state index in [-0.39, 0.29) is 5.92 Å². The van der Waals surface area contributed by atoms with Crippen molar-refractivity contribution < 1.29 is 44.9 Å². The summed E-state index contributed by atoms with van der Waals surface area (Å²) in [6, 6.07) is 8.53. The van der Waals surface area contributed by atoms with Gasteiger partial charge >= 0.3 is 18.6 Å². The predicted molar refractivity (Wildman–Crippen MR) is 156 cm³/mol. The zero-order valence-electron chi connectivity index (χ0n) is 25.6. The van der Waals surface area contributed by atoms with Gasteiger partial charge in [-0.25, -0.2) is 4.74 Å². The molecule has 2 saturated carbocycles. The first-order valence-electron chi connectivity index (χ1n) is 16.4. The van der Waals surface area contributed by atoms with Gasteiger partial charge in [-0.2, -0.15) is 17.6 Å². The van der Waals surface area contributed by atoms with Gasteiger partial charge in [-0.15, -0.1) is 13.2 Å². The van der Waals surface area contributed by atoms with E-state index in [9.17, 15) is 30.7 Å². The number of ether oxygens (including phenoxy) is 3. The van der Waals surface area contributed by atoms with Crippen LogP contribution in [0.15, 0.2) is 48.5 Å². The molecule has 1 saturated heterocycles. The van der Waals surface area contributed by atoms with E-state index in [4.69, 9.17) is 9.47 Å². The van der Waals surface area contributed by atoms with Crippen molar-refractivity contribution in [3.8, 4) is 5.75 Å². The maximum absolute atomic E-state index is 14.9. The summed E-state index contributed by atoms with van der Waals surface area (Å²) in [5, 5.41) is 0. The van der Waals surface area contributed by atoms with Crippen LogP contribution in [0.5, 0.6) is 5.75 Å². The van der Waals surface area contributed by atoms with Gasteiger partial charge < -0.3 is 9.47 Å². The molecular formula is C35H43F7O3. The lowest BCUT2D eigenvalue weighted by atomic mass is 9.71. The molecule has 0 spiro atoms. The van der Waals surface area contributed by atoms with E-state index in [1.54, 1.807) is 12.1 Å². The number of alkyl halides is 7. The largest absolute Gasteiger partial charge is 0.527 e. The van der Waals surface area contributed by atoms with Crippen LogP contribution in [0.25, 0.3) is 0 Å². The second-order valence-corrected chi connectivity index (χ2v) is 13.2. The van der Waals surface area contributed by atoms with Gasteiger partial charge in [0, 0.05) is 0 Å². The van der Waals surface area contributed by atoms with E-state index in [1.807, 2.05) is 0 Å². The lowest BCUT2D eigenvalue weighted by Crippen LogP contribution is -2.37. The molecule has 2 aliphatic carbocycles. The molecule has 0 amide bonds. The molecule has 2 atom stereocenters. The molecule has 3 fully saturated rings. The van der Waals surface area contributed by atoms with Gasteiger partial charge in [-0.1, -0.05) is 44.7 Å². The molecular weight excluding hydrogens is 601 g/mol. The Hall–Kier alpha value is -2.33. The average molecular weight is 645 g/mol. The van der Waals surface area contributed by atoms with Gasteiger partial charge in [0.15, 0.2) is 0 Å². The minimum Gasteiger partial charge on any atom is -0.429 e. The van der Waals surface area contributed by atoms with Crippen molar-refractivity contribution in [2.24, 2.45) is 23.7 Å². The van der Waals surface area contributed by atoms with Crippen molar-refractivity contribution >= 4 is 0 Å². The van der Waals surface area contributed by atoms with E-state index >= 15 is 0 Å². The number of hydrogen-bond donors (Lipinski definition) is 0. The summed E-state index contributed by atoms with van der Waals surface area (Å²) in [7, 11) is 0. The maximum atomic E-state index is 14.9. The third-order valence-corrected chi connectivity index (χ3v) is 10.3. The van der Waals surface area contributed by atoms with Gasteiger partial charge in [0.05, 0.1) is 23.8 Å². The summed E-state index contributed by atoms with van der Waals surface area (Å²) < 4.78 is 108. The van der Waals surface area contributed by atoms with Crippen LogP contribution in [0.4, 0.5) is 30.7 Å². The van der Waals surface area contributed by atoms with E-state index < -0.39 is 35.5 Å². The van der Waals surface area contributed by atoms with Crippen LogP contribution in [0.3, 0.4) is 0 Å². The monoisotopic (exact) mass is 644 g/mol. The third-order valence-electron chi connectivity index (χ3n) is 10.3. The summed E-state index contributed by atoms with van der Waals surface area (Å²) in [6.45, 7) is 3.16. The Labute approximate surface area is 260 Å². The van der Waals surface area contributed by atoms with Crippen LogP contribution in [0.2, 0.25) is 0 Å². The Morgan fingerprint density at radius 2 is 1.20 bits per heavy atom. The third kappa shape index (κ3) is 8.93. The molecule has 2 aromatic rings. The fraction of sp³-hybridized carbons (Fsp3) is 0.657. The van der Waals surface area contributed by atoms with Crippen LogP contribution in [0, 0.1) is 23.7 Å². The van der Waals surface area contributed by atoms with Crippen LogP contribution in [-0.2, 0) is 21.7 Å². The summed E-state index contributed by atoms with van der Waals surface area (Å²) in [5.74, 6) is 2.76. The number of halogens is 7. The minimum absolute atomic E-state index is 0.271. The highest BCUT2D eigenvalue weighted by atomic mass is 19.4. The number of rotatable bonds is 10. The molecule has 5 rings (SSSR count). The molecule has 1 heterocycles. The molecule has 250 valence electrons. The van der Waals surface area contributed by atoms with Gasteiger partial charge in [-0.05, 0) is 123 Å². The SMILES string of the molecule is CCCC1CCC(C2CCC(C3CCC(c4ccc(C(F)(F)Oc5ccc(C(F)(F)OC(F)(F)F)cc5)cc4)CC3)OC2)CC1. The second-order valence-electron chi connectivity index (χ2n) is 13.2. The van der Waals surface area contributed by atoms with Crippen LogP contribution in [0.1, 0.15) is 107 Å². The Morgan fingerprint density at radius 3 is 1.76 bits per heavy atom. The van der Waals surface area contributed by atoms with Gasteiger partial charge in [0.25, 0.3) is 0 Å². The molecule has 3 nitrogen and oxygen atoms in total. The molecule has 10 heteroatoms. The predicted octanol–water partition coefficient (Wildman–Crippen LogP) is 11.1. The first-order valence-corrected chi connectivity index (χ1v) is 16.4. The zero-order valence-corrected chi connectivity index (χ0v) is 25.6. The lowest BCUT2D eigenvalue weighted by Gasteiger charge is -2.41. The van der Waals surface area contributed by atoms with E-state index in [2.05, 4.69) is 11.7 Å². The smallest absolute Gasteiger partial charge is 0.429 e. The highest BCUT2D eigenvalue weighted by Gasteiger charge is 2.46. The van der Waals surface area contributed by atoms with Crippen molar-refractivity contribution in [2.45, 2.75) is 115 Å². The topological polar surface area (TPSA) is 27.7 Å². The Kier molecular flexibility index (Phi) is 10.7. The van der Waals surface area contributed by atoms with E-state index in [0.717, 1.165) is 68.2 Å². The quantitative estimate of drug-likeness (QED) is 0.241. The highest BCUT2D eigenvalue weighted by molar-refractivity contribution is 5.32. The van der Waals surface area contributed by atoms with Gasteiger partial charge in [0.1, 0.15) is 5.75 Å². The van der Waals surface area contributed by atoms with Gasteiger partial charge in [0.2, 0.25) is 0 Å². The molecule has 3 aliphatic rings. The Bertz CT molecular complexity index is 1190. The van der Waals surface area contributed by atoms with Gasteiger partial charge in [-0.3, -0.25) is 0 Å². The minimum atomic E-state index is -5.57. The van der Waals surface area contributed by atoms with Crippen molar-refractivity contribution in [1.82, 2.24) is 0 Å². The van der Waals surface area contributed by atoms with E-state index in [1.165, 1.54) is 57.1 Å². The molecule has 0 N–H and O–H groups in total. The summed E-state index contributed by atoms with van der Waals surface area (Å²) in [5.41, 5.74) is -0.583. The summed E-state index contributed by atoms with van der Waals surface area (Å²) >= 11 is 0. The molecule has 1 aliphatic heterocycles. The number of hydrogen-bond acceptors (Lipinski definition) is 3. The Morgan fingerprint density at radius 1 is 0.644 bits per heavy atom. The van der Waals surface area contributed by atoms with Crippen LogP contribution >= 0.6 is 0 Å². The van der Waals surface area contributed by atoms with Crippen molar-refractivity contribution in [1.29, 1.82) is 0 Å². The molecule has 0 bridgehead atoms. The second kappa shape index (κ2) is 14.2. The first kappa shape index (κ1) is 34.0. The molecule has 45 heavy (non-hydrogen) atoms. The fourth-order valence-corrected chi connectivity index (χ4v) is 7.79. The molecule has 0 aromatic heterocycles. The van der Waals surface area contributed by atoms with Crippen molar-refractivity contribution in [3.05, 3.63) is 65.2 Å².